The minimum atomic E-state index is -0.590. The Hall–Kier alpha value is -2.57. The van der Waals surface area contributed by atoms with Gasteiger partial charge in [0, 0.05) is 24.5 Å². The number of nitro benzene ring substituents is 2. The molecule has 0 saturated carbocycles. The summed E-state index contributed by atoms with van der Waals surface area (Å²) in [5, 5.41) is 21.8. The van der Waals surface area contributed by atoms with Gasteiger partial charge in [-0.15, -0.1) is 0 Å². The average molecular weight is 219 g/mol. The van der Waals surface area contributed by atoms with Crippen LogP contribution in [0.3, 0.4) is 0 Å². The largest absolute Gasteiger partial charge is 0.279 e. The van der Waals surface area contributed by atoms with E-state index in [1.165, 1.54) is 18.5 Å². The van der Waals surface area contributed by atoms with Crippen LogP contribution in [-0.2, 0) is 0 Å². The third-order valence-corrected chi connectivity index (χ3v) is 2.17. The lowest BCUT2D eigenvalue weighted by Gasteiger charge is -1.99. The first-order valence-corrected chi connectivity index (χ1v) is 4.27. The molecule has 0 spiro atoms. The molecule has 0 radical (unpaired) electrons. The molecular formula is C9H5N3O4. The summed E-state index contributed by atoms with van der Waals surface area (Å²) in [6.45, 7) is 0. The number of rotatable bonds is 2. The van der Waals surface area contributed by atoms with E-state index in [4.69, 9.17) is 0 Å². The van der Waals surface area contributed by atoms with Gasteiger partial charge in [0.2, 0.25) is 0 Å². The molecule has 0 aliphatic rings. The van der Waals surface area contributed by atoms with Gasteiger partial charge < -0.3 is 0 Å². The van der Waals surface area contributed by atoms with E-state index in [1.54, 1.807) is 0 Å². The maximum Gasteiger partial charge on any atom is 0.279 e. The lowest BCUT2D eigenvalue weighted by molar-refractivity contribution is -0.386. The number of benzene rings is 1. The number of pyridine rings is 1. The third-order valence-electron chi connectivity index (χ3n) is 2.17. The molecule has 0 unspecified atom stereocenters. The van der Waals surface area contributed by atoms with Gasteiger partial charge in [0.1, 0.15) is 0 Å². The Balaban J connectivity index is 2.87. The molecule has 1 aromatic carbocycles. The Morgan fingerprint density at radius 2 is 1.50 bits per heavy atom. The topological polar surface area (TPSA) is 99.2 Å². The van der Waals surface area contributed by atoms with Gasteiger partial charge in [-0.2, -0.15) is 0 Å². The molecule has 80 valence electrons. The predicted molar refractivity (Wildman–Crippen MR) is 55.1 cm³/mol. The molecular weight excluding hydrogens is 214 g/mol. The Kier molecular flexibility index (Phi) is 2.20. The van der Waals surface area contributed by atoms with Crippen molar-refractivity contribution in [2.75, 3.05) is 0 Å². The van der Waals surface area contributed by atoms with Crippen LogP contribution in [0.1, 0.15) is 0 Å². The van der Waals surface area contributed by atoms with E-state index in [9.17, 15) is 20.2 Å². The second-order valence-corrected chi connectivity index (χ2v) is 3.04. The van der Waals surface area contributed by atoms with E-state index in [1.807, 2.05) is 0 Å². The molecule has 2 rings (SSSR count). The fourth-order valence-corrected chi connectivity index (χ4v) is 1.48. The van der Waals surface area contributed by atoms with E-state index in [2.05, 4.69) is 4.98 Å². The van der Waals surface area contributed by atoms with Crippen molar-refractivity contribution in [3.8, 4) is 0 Å². The standard InChI is InChI=1S/C9H5N3O4/c13-11(14)8-1-2-9(12(15)16)7-5-10-4-3-6(7)8/h1-5H. The number of aromatic nitrogens is 1. The molecule has 0 atom stereocenters. The van der Waals surface area contributed by atoms with Crippen molar-refractivity contribution in [3.05, 3.63) is 50.8 Å². The molecule has 16 heavy (non-hydrogen) atoms. The minimum absolute atomic E-state index is 0.164. The SMILES string of the molecule is O=[N+]([O-])c1ccc([N+](=O)[O-])c2cnccc12. The fraction of sp³-hybridized carbons (Fsp3) is 0. The van der Waals surface area contributed by atoms with Gasteiger partial charge in [0.25, 0.3) is 11.4 Å². The zero-order valence-electron chi connectivity index (χ0n) is 7.86. The van der Waals surface area contributed by atoms with Gasteiger partial charge in [0.05, 0.1) is 20.6 Å². The molecule has 1 heterocycles. The number of hydrogen-bond donors (Lipinski definition) is 0. The molecule has 7 heteroatoms. The summed E-state index contributed by atoms with van der Waals surface area (Å²) in [6, 6.07) is 3.63. The molecule has 0 fully saturated rings. The zero-order chi connectivity index (χ0) is 11.7. The quantitative estimate of drug-likeness (QED) is 0.568. The first kappa shape index (κ1) is 9.97. The highest BCUT2D eigenvalue weighted by molar-refractivity contribution is 5.96. The van der Waals surface area contributed by atoms with E-state index in [-0.39, 0.29) is 22.1 Å². The van der Waals surface area contributed by atoms with Crippen LogP contribution in [0, 0.1) is 20.2 Å². The number of fused-ring (bicyclic) bond motifs is 1. The lowest BCUT2D eigenvalue weighted by Crippen LogP contribution is -1.94. The van der Waals surface area contributed by atoms with Crippen LogP contribution in [0.4, 0.5) is 11.4 Å². The Labute approximate surface area is 88.6 Å². The summed E-state index contributed by atoms with van der Waals surface area (Å²) in [5.41, 5.74) is -0.350. The average Bonchev–Trinajstić information content (AvgIpc) is 2.27. The zero-order valence-corrected chi connectivity index (χ0v) is 7.86. The predicted octanol–water partition coefficient (Wildman–Crippen LogP) is 2.05. The molecule has 0 N–H and O–H groups in total. The van der Waals surface area contributed by atoms with Crippen LogP contribution in [-0.4, -0.2) is 14.8 Å². The highest BCUT2D eigenvalue weighted by atomic mass is 16.6. The molecule has 1 aromatic heterocycles. The van der Waals surface area contributed by atoms with Crippen molar-refractivity contribution in [2.24, 2.45) is 0 Å². The highest BCUT2D eigenvalue weighted by Gasteiger charge is 2.19. The van der Waals surface area contributed by atoms with Crippen molar-refractivity contribution in [2.45, 2.75) is 0 Å². The maximum atomic E-state index is 10.7. The fourth-order valence-electron chi connectivity index (χ4n) is 1.48. The summed E-state index contributed by atoms with van der Waals surface area (Å²) in [6.07, 6.45) is 2.61. The summed E-state index contributed by atoms with van der Waals surface area (Å²) < 4.78 is 0. The molecule has 0 aliphatic heterocycles. The van der Waals surface area contributed by atoms with Crippen molar-refractivity contribution in [1.82, 2.24) is 4.98 Å². The highest BCUT2D eigenvalue weighted by Crippen LogP contribution is 2.31. The third kappa shape index (κ3) is 1.44. The molecule has 2 aromatic rings. The van der Waals surface area contributed by atoms with Crippen LogP contribution >= 0.6 is 0 Å². The molecule has 0 saturated heterocycles. The summed E-state index contributed by atoms with van der Waals surface area (Å²) in [4.78, 5) is 24.0. The number of nitro groups is 2. The van der Waals surface area contributed by atoms with Crippen LogP contribution in [0.5, 0.6) is 0 Å². The van der Waals surface area contributed by atoms with Gasteiger partial charge in [0.15, 0.2) is 0 Å². The van der Waals surface area contributed by atoms with E-state index < -0.39 is 9.85 Å². The van der Waals surface area contributed by atoms with Gasteiger partial charge in [-0.25, -0.2) is 0 Å². The Bertz CT molecular complexity index is 544. The van der Waals surface area contributed by atoms with Crippen molar-refractivity contribution >= 4 is 22.1 Å². The molecule has 7 nitrogen and oxygen atoms in total. The first-order valence-electron chi connectivity index (χ1n) is 4.27. The van der Waals surface area contributed by atoms with Crippen molar-refractivity contribution < 1.29 is 9.85 Å². The number of hydrogen-bond acceptors (Lipinski definition) is 5. The van der Waals surface area contributed by atoms with Gasteiger partial charge in [-0.05, 0) is 6.07 Å². The van der Waals surface area contributed by atoms with E-state index >= 15 is 0 Å². The maximum absolute atomic E-state index is 10.7. The van der Waals surface area contributed by atoms with Gasteiger partial charge in [-0.3, -0.25) is 25.2 Å². The van der Waals surface area contributed by atoms with Gasteiger partial charge in [-0.1, -0.05) is 0 Å². The minimum Gasteiger partial charge on any atom is -0.264 e. The van der Waals surface area contributed by atoms with Crippen molar-refractivity contribution in [3.63, 3.8) is 0 Å². The summed E-state index contributed by atoms with van der Waals surface area (Å²) >= 11 is 0. The van der Waals surface area contributed by atoms with Crippen LogP contribution < -0.4 is 0 Å². The smallest absolute Gasteiger partial charge is 0.264 e. The lowest BCUT2D eigenvalue weighted by atomic mass is 10.1. The second-order valence-electron chi connectivity index (χ2n) is 3.04. The van der Waals surface area contributed by atoms with E-state index in [0.717, 1.165) is 12.1 Å². The Morgan fingerprint density at radius 3 is 2.06 bits per heavy atom. The monoisotopic (exact) mass is 219 g/mol. The summed E-state index contributed by atoms with van der Waals surface area (Å²) in [7, 11) is 0. The van der Waals surface area contributed by atoms with Crippen molar-refractivity contribution in [1.29, 1.82) is 0 Å². The Morgan fingerprint density at radius 1 is 0.938 bits per heavy atom. The second kappa shape index (κ2) is 3.54. The van der Waals surface area contributed by atoms with Crippen LogP contribution in [0.15, 0.2) is 30.6 Å². The molecule has 0 amide bonds. The van der Waals surface area contributed by atoms with Gasteiger partial charge >= 0.3 is 0 Å². The van der Waals surface area contributed by atoms with Crippen LogP contribution in [0.25, 0.3) is 10.8 Å². The first-order chi connectivity index (χ1) is 7.61. The van der Waals surface area contributed by atoms with Crippen LogP contribution in [0.2, 0.25) is 0 Å². The molecule has 0 aliphatic carbocycles. The summed E-state index contributed by atoms with van der Waals surface area (Å²) in [5.74, 6) is 0. The van der Waals surface area contributed by atoms with E-state index in [0.29, 0.717) is 0 Å². The number of nitrogens with zero attached hydrogens (tertiary/aromatic N) is 3. The molecule has 0 bridgehead atoms. The number of non-ortho nitro benzene ring substituents is 2. The normalized spacial score (nSPS) is 10.2.